The van der Waals surface area contributed by atoms with Gasteiger partial charge in [-0.05, 0) is 11.8 Å². The van der Waals surface area contributed by atoms with Crippen molar-refractivity contribution in [3.05, 3.63) is 11.9 Å². The van der Waals surface area contributed by atoms with Crippen LogP contribution in [-0.2, 0) is 20.9 Å². The average molecular weight is 409 g/mol. The molecule has 0 radical (unpaired) electrons. The van der Waals surface area contributed by atoms with Gasteiger partial charge in [-0.25, -0.2) is 4.68 Å². The van der Waals surface area contributed by atoms with E-state index in [9.17, 15) is 14.7 Å². The van der Waals surface area contributed by atoms with Gasteiger partial charge in [0.2, 0.25) is 11.8 Å². The first kappa shape index (κ1) is 21.7. The van der Waals surface area contributed by atoms with Crippen LogP contribution in [0, 0.1) is 5.41 Å². The summed E-state index contributed by atoms with van der Waals surface area (Å²) in [5.74, 6) is -0.513. The normalized spacial score (nSPS) is 26.0. The number of β-amino-alcohol motifs (C(OH)–C–C–N with tert-alkyl or cyclic N) is 1. The van der Waals surface area contributed by atoms with Gasteiger partial charge in [-0.1, -0.05) is 26.0 Å². The van der Waals surface area contributed by atoms with E-state index in [0.717, 1.165) is 18.7 Å². The van der Waals surface area contributed by atoms with E-state index in [4.69, 9.17) is 4.74 Å². The summed E-state index contributed by atoms with van der Waals surface area (Å²) in [6, 6.07) is -1.02. The second-order valence-corrected chi connectivity index (χ2v) is 8.91. The second-order valence-electron chi connectivity index (χ2n) is 8.91. The number of ether oxygens (including phenoxy) is 1. The topological polar surface area (TPSA) is 122 Å². The van der Waals surface area contributed by atoms with Crippen molar-refractivity contribution >= 4 is 11.8 Å². The van der Waals surface area contributed by atoms with Crippen molar-refractivity contribution in [1.82, 2.24) is 30.5 Å². The molecule has 4 atom stereocenters. The Morgan fingerprint density at radius 1 is 1.41 bits per heavy atom. The molecule has 2 aliphatic rings. The highest BCUT2D eigenvalue weighted by atomic mass is 16.5. The van der Waals surface area contributed by atoms with E-state index in [2.05, 4.69) is 20.9 Å². The Kier molecular flexibility index (Phi) is 6.55. The van der Waals surface area contributed by atoms with E-state index in [1.807, 2.05) is 20.8 Å². The van der Waals surface area contributed by atoms with Crippen LogP contribution in [0.4, 0.5) is 0 Å². The molecule has 0 saturated carbocycles. The Labute approximate surface area is 171 Å². The van der Waals surface area contributed by atoms with Gasteiger partial charge in [0.1, 0.15) is 12.1 Å². The van der Waals surface area contributed by atoms with E-state index in [0.29, 0.717) is 19.2 Å². The number of hydrogen-bond acceptors (Lipinski definition) is 7. The Morgan fingerprint density at radius 3 is 2.79 bits per heavy atom. The number of aliphatic hydroxyl groups excluding tert-OH is 1. The Bertz CT molecular complexity index is 725. The number of rotatable bonds is 6. The van der Waals surface area contributed by atoms with Crippen LogP contribution in [0.25, 0.3) is 0 Å². The lowest BCUT2D eigenvalue weighted by Gasteiger charge is -2.34. The first-order valence-corrected chi connectivity index (χ1v) is 10.1. The smallest absolute Gasteiger partial charge is 0.248 e. The highest BCUT2D eigenvalue weighted by molar-refractivity contribution is 5.90. The maximum Gasteiger partial charge on any atom is 0.248 e. The van der Waals surface area contributed by atoms with Gasteiger partial charge in [0, 0.05) is 39.2 Å². The van der Waals surface area contributed by atoms with Gasteiger partial charge in [-0.2, -0.15) is 0 Å². The van der Waals surface area contributed by atoms with Crippen molar-refractivity contribution in [3.63, 3.8) is 0 Å². The summed E-state index contributed by atoms with van der Waals surface area (Å²) in [5, 5.41) is 24.5. The summed E-state index contributed by atoms with van der Waals surface area (Å²) in [4.78, 5) is 27.2. The number of aromatic nitrogens is 3. The summed E-state index contributed by atoms with van der Waals surface area (Å²) in [6.07, 6.45) is 2.26. The summed E-state index contributed by atoms with van der Waals surface area (Å²) in [7, 11) is 1.53. The molecule has 2 fully saturated rings. The standard InChI is InChI=1S/C19H32N6O4/c1-19(2,3)16(18(28)24-10-14(26)7-15(24)17(27)20-4)25-9-13(22-23-25)8-21-12-5-6-29-11-12/h9,12,14-16,21,26H,5-8,10-11H2,1-4H3,(H,20,27)/t12?,14-,15+,16+/m0/s1. The predicted molar refractivity (Wildman–Crippen MR) is 105 cm³/mol. The zero-order valence-electron chi connectivity index (χ0n) is 17.6. The highest BCUT2D eigenvalue weighted by Gasteiger charge is 2.45. The lowest BCUT2D eigenvalue weighted by Crippen LogP contribution is -2.49. The van der Waals surface area contributed by atoms with Crippen LogP contribution in [-0.4, -0.2) is 81.8 Å². The van der Waals surface area contributed by atoms with Crippen molar-refractivity contribution in [2.75, 3.05) is 26.8 Å². The fraction of sp³-hybridized carbons (Fsp3) is 0.789. The van der Waals surface area contributed by atoms with Crippen molar-refractivity contribution in [1.29, 1.82) is 0 Å². The summed E-state index contributed by atoms with van der Waals surface area (Å²) in [5.41, 5.74) is 0.276. The molecule has 0 aromatic carbocycles. The molecule has 3 heterocycles. The number of carbonyl (C=O) groups excluding carboxylic acids is 2. The molecule has 2 saturated heterocycles. The van der Waals surface area contributed by atoms with Gasteiger partial charge < -0.3 is 25.4 Å². The van der Waals surface area contributed by atoms with Gasteiger partial charge in [0.05, 0.1) is 24.6 Å². The summed E-state index contributed by atoms with van der Waals surface area (Å²) < 4.78 is 6.94. The van der Waals surface area contributed by atoms with E-state index in [-0.39, 0.29) is 24.8 Å². The van der Waals surface area contributed by atoms with Crippen LogP contribution >= 0.6 is 0 Å². The lowest BCUT2D eigenvalue weighted by molar-refractivity contribution is -0.144. The molecule has 162 valence electrons. The van der Waals surface area contributed by atoms with Crippen molar-refractivity contribution in [2.45, 2.75) is 64.4 Å². The van der Waals surface area contributed by atoms with Crippen molar-refractivity contribution in [3.8, 4) is 0 Å². The Balaban J connectivity index is 1.77. The molecule has 3 N–H and O–H groups in total. The molecule has 3 rings (SSSR count). The van der Waals surface area contributed by atoms with Gasteiger partial charge in [-0.15, -0.1) is 5.10 Å². The van der Waals surface area contributed by atoms with Crippen molar-refractivity contribution < 1.29 is 19.4 Å². The zero-order valence-corrected chi connectivity index (χ0v) is 17.6. The summed E-state index contributed by atoms with van der Waals surface area (Å²) >= 11 is 0. The van der Waals surface area contributed by atoms with E-state index >= 15 is 0 Å². The average Bonchev–Trinajstić information content (AvgIpc) is 3.39. The Morgan fingerprint density at radius 2 is 2.17 bits per heavy atom. The zero-order chi connectivity index (χ0) is 21.2. The maximum atomic E-state index is 13.5. The molecule has 29 heavy (non-hydrogen) atoms. The Hall–Kier alpha value is -2.04. The fourth-order valence-electron chi connectivity index (χ4n) is 3.97. The molecule has 2 aliphatic heterocycles. The van der Waals surface area contributed by atoms with Crippen LogP contribution in [0.2, 0.25) is 0 Å². The van der Waals surface area contributed by atoms with Crippen LogP contribution in [0.3, 0.4) is 0 Å². The number of likely N-dealkylation sites (N-methyl/N-ethyl adjacent to an activating group) is 1. The van der Waals surface area contributed by atoms with E-state index < -0.39 is 23.6 Å². The number of aliphatic hydroxyl groups is 1. The maximum absolute atomic E-state index is 13.5. The first-order chi connectivity index (χ1) is 13.7. The minimum absolute atomic E-state index is 0.133. The lowest BCUT2D eigenvalue weighted by atomic mass is 9.85. The van der Waals surface area contributed by atoms with E-state index in [1.165, 1.54) is 11.9 Å². The molecule has 10 nitrogen and oxygen atoms in total. The SMILES string of the molecule is CNC(=O)[C@H]1C[C@H](O)CN1C(=O)[C@@H](n1cc(CNC2CCOC2)nn1)C(C)(C)C. The number of nitrogens with one attached hydrogen (secondary N) is 2. The third-order valence-corrected chi connectivity index (χ3v) is 5.49. The van der Waals surface area contributed by atoms with Crippen LogP contribution in [0.1, 0.15) is 45.3 Å². The van der Waals surface area contributed by atoms with Gasteiger partial charge in [0.25, 0.3) is 0 Å². The molecule has 0 bridgehead atoms. The minimum atomic E-state index is -0.717. The number of carbonyl (C=O) groups is 2. The molecule has 0 spiro atoms. The second kappa shape index (κ2) is 8.76. The van der Waals surface area contributed by atoms with Gasteiger partial charge >= 0.3 is 0 Å². The molecule has 2 amide bonds. The largest absolute Gasteiger partial charge is 0.391 e. The van der Waals surface area contributed by atoms with Gasteiger partial charge in [-0.3, -0.25) is 9.59 Å². The first-order valence-electron chi connectivity index (χ1n) is 10.1. The molecule has 10 heteroatoms. The van der Waals surface area contributed by atoms with Gasteiger partial charge in [0.15, 0.2) is 0 Å². The fourth-order valence-corrected chi connectivity index (χ4v) is 3.97. The molecular weight excluding hydrogens is 376 g/mol. The van der Waals surface area contributed by atoms with Crippen LogP contribution in [0.5, 0.6) is 0 Å². The number of hydrogen-bond donors (Lipinski definition) is 3. The van der Waals surface area contributed by atoms with E-state index in [1.54, 1.807) is 10.9 Å². The molecule has 1 aromatic heterocycles. The van der Waals surface area contributed by atoms with Crippen molar-refractivity contribution in [2.24, 2.45) is 5.41 Å². The quantitative estimate of drug-likeness (QED) is 0.577. The minimum Gasteiger partial charge on any atom is -0.391 e. The monoisotopic (exact) mass is 408 g/mol. The molecule has 1 aromatic rings. The number of amides is 2. The third-order valence-electron chi connectivity index (χ3n) is 5.49. The molecular formula is C19H32N6O4. The number of nitrogens with zero attached hydrogens (tertiary/aromatic N) is 4. The number of likely N-dealkylation sites (tertiary alicyclic amines) is 1. The molecule has 0 aliphatic carbocycles. The predicted octanol–water partition coefficient (Wildman–Crippen LogP) is -0.548. The molecule has 1 unspecified atom stereocenters. The van der Waals surface area contributed by atoms with Crippen LogP contribution < -0.4 is 10.6 Å². The van der Waals surface area contributed by atoms with Crippen LogP contribution in [0.15, 0.2) is 6.20 Å². The highest BCUT2D eigenvalue weighted by Crippen LogP contribution is 2.34. The summed E-state index contributed by atoms with van der Waals surface area (Å²) in [6.45, 7) is 7.98. The third kappa shape index (κ3) is 4.93.